The molecule has 1 saturated heterocycles. The smallest absolute Gasteiger partial charge is 0.312 e. The first kappa shape index (κ1) is 28.7. The molecule has 0 bridgehead atoms. The van der Waals surface area contributed by atoms with E-state index < -0.39 is 24.3 Å². The predicted molar refractivity (Wildman–Crippen MR) is 110 cm³/mol. The molecule has 2 rings (SSSR count). The molecule has 0 saturated carbocycles. The van der Waals surface area contributed by atoms with E-state index in [9.17, 15) is 9.59 Å². The summed E-state index contributed by atoms with van der Waals surface area (Å²) in [5.41, 5.74) is 9.35. The Kier molecular flexibility index (Phi) is 17.1. The van der Waals surface area contributed by atoms with Crippen molar-refractivity contribution in [1.82, 2.24) is 15.1 Å². The van der Waals surface area contributed by atoms with Crippen LogP contribution in [0.15, 0.2) is 18.5 Å². The molecule has 31 heavy (non-hydrogen) atoms. The maximum Gasteiger partial charge on any atom is 0.312 e. The van der Waals surface area contributed by atoms with Crippen molar-refractivity contribution in [1.29, 1.82) is 0 Å². The molecule has 1 aromatic rings. The molecule has 3 unspecified atom stereocenters. The van der Waals surface area contributed by atoms with Gasteiger partial charge in [0, 0.05) is 32.5 Å². The summed E-state index contributed by atoms with van der Waals surface area (Å²) in [7, 11) is 0. The molecule has 0 spiro atoms. The van der Waals surface area contributed by atoms with E-state index in [1.807, 2.05) is 12.3 Å². The van der Waals surface area contributed by atoms with Crippen LogP contribution in [0.2, 0.25) is 0 Å². The summed E-state index contributed by atoms with van der Waals surface area (Å²) in [5.74, 6) is -0.333. The number of carbonyl (C=O) groups is 2. The first-order valence-electron chi connectivity index (χ1n) is 9.78. The fraction of sp³-hybridized carbons (Fsp3) is 0.722. The topological polar surface area (TPSA) is 204 Å². The third kappa shape index (κ3) is 17.1. The van der Waals surface area contributed by atoms with Gasteiger partial charge in [0.05, 0.1) is 45.7 Å². The van der Waals surface area contributed by atoms with Gasteiger partial charge < -0.3 is 46.3 Å². The van der Waals surface area contributed by atoms with Gasteiger partial charge in [0.15, 0.2) is 0 Å². The fourth-order valence-corrected chi connectivity index (χ4v) is 2.18. The summed E-state index contributed by atoms with van der Waals surface area (Å²) in [6.07, 6.45) is 1.77. The third-order valence-electron chi connectivity index (χ3n) is 3.64. The van der Waals surface area contributed by atoms with Crippen LogP contribution in [0, 0.1) is 0 Å². The number of nitrogens with two attached hydrogens (primary N) is 2. The van der Waals surface area contributed by atoms with Gasteiger partial charge in [-0.1, -0.05) is 0 Å². The van der Waals surface area contributed by atoms with Gasteiger partial charge in [-0.2, -0.15) is 5.10 Å². The highest BCUT2D eigenvalue weighted by atomic mass is 16.5. The number of amides is 3. The van der Waals surface area contributed by atoms with Crippen LogP contribution in [0.4, 0.5) is 4.79 Å². The van der Waals surface area contributed by atoms with Crippen LogP contribution in [0.25, 0.3) is 0 Å². The molecule has 13 nitrogen and oxygen atoms in total. The molecule has 1 aliphatic heterocycles. The molecule has 3 atom stereocenters. The number of aromatic nitrogens is 2. The Balaban J connectivity index is 0.000000540. The number of carbonyl (C=O) groups excluding carboxylic acids is 2. The number of hydrogen-bond acceptors (Lipinski definition) is 9. The van der Waals surface area contributed by atoms with Crippen molar-refractivity contribution in [3.05, 3.63) is 18.5 Å². The van der Waals surface area contributed by atoms with Crippen molar-refractivity contribution in [3.8, 4) is 0 Å². The third-order valence-corrected chi connectivity index (χ3v) is 3.64. The number of ether oxygens (including phenoxy) is 3. The van der Waals surface area contributed by atoms with Crippen LogP contribution >= 0.6 is 0 Å². The molecule has 1 aromatic heterocycles. The number of aliphatic hydroxyl groups is 3. The van der Waals surface area contributed by atoms with E-state index in [0.717, 1.165) is 6.54 Å². The minimum absolute atomic E-state index is 0.238. The number of nitrogens with one attached hydrogen (secondary N) is 1. The van der Waals surface area contributed by atoms with Crippen molar-refractivity contribution in [2.75, 3.05) is 46.2 Å². The maximum atomic E-state index is 10.3. The highest BCUT2D eigenvalue weighted by Gasteiger charge is 2.30. The molecular weight excluding hydrogens is 414 g/mol. The van der Waals surface area contributed by atoms with Crippen LogP contribution < -0.4 is 16.8 Å². The average molecular weight is 450 g/mol. The van der Waals surface area contributed by atoms with Crippen LogP contribution in [0.5, 0.6) is 0 Å². The highest BCUT2D eigenvalue weighted by molar-refractivity contribution is 5.71. The van der Waals surface area contributed by atoms with Crippen molar-refractivity contribution < 1.29 is 39.1 Å². The number of urea groups is 1. The van der Waals surface area contributed by atoms with E-state index in [1.165, 1.54) is 6.92 Å². The SMILES string of the molecule is CC(N)=O.NC(=O)NCCOCCOCCn1cccn1.OCC1OCCC(O)C1O. The first-order chi connectivity index (χ1) is 14.8. The highest BCUT2D eigenvalue weighted by Crippen LogP contribution is 2.13. The lowest BCUT2D eigenvalue weighted by Gasteiger charge is -2.30. The van der Waals surface area contributed by atoms with Gasteiger partial charge in [0.2, 0.25) is 5.91 Å². The van der Waals surface area contributed by atoms with E-state index in [1.54, 1.807) is 10.9 Å². The van der Waals surface area contributed by atoms with E-state index in [-0.39, 0.29) is 12.5 Å². The van der Waals surface area contributed by atoms with Gasteiger partial charge in [-0.25, -0.2) is 4.79 Å². The van der Waals surface area contributed by atoms with Gasteiger partial charge in [0.1, 0.15) is 12.2 Å². The lowest BCUT2D eigenvalue weighted by Crippen LogP contribution is -2.46. The molecule has 2 heterocycles. The van der Waals surface area contributed by atoms with Crippen molar-refractivity contribution >= 4 is 11.9 Å². The van der Waals surface area contributed by atoms with Crippen molar-refractivity contribution in [2.45, 2.75) is 38.2 Å². The Bertz CT molecular complexity index is 571. The molecule has 3 amide bonds. The minimum atomic E-state index is -0.932. The number of rotatable bonds is 10. The molecule has 8 N–H and O–H groups in total. The summed E-state index contributed by atoms with van der Waals surface area (Å²) in [6, 6.07) is 1.33. The van der Waals surface area contributed by atoms with Crippen LogP contribution in [0.3, 0.4) is 0 Å². The number of nitrogens with zero attached hydrogens (tertiary/aromatic N) is 2. The van der Waals surface area contributed by atoms with E-state index >= 15 is 0 Å². The number of primary amides is 2. The summed E-state index contributed by atoms with van der Waals surface area (Å²) < 4.78 is 17.3. The van der Waals surface area contributed by atoms with Gasteiger partial charge in [-0.3, -0.25) is 9.48 Å². The molecule has 13 heteroatoms. The summed E-state index contributed by atoms with van der Waals surface area (Å²) >= 11 is 0. The second-order valence-corrected chi connectivity index (χ2v) is 6.33. The van der Waals surface area contributed by atoms with E-state index in [0.29, 0.717) is 46.0 Å². The predicted octanol–water partition coefficient (Wildman–Crippen LogP) is -2.43. The standard InChI is InChI=1S/C10H18N4O3.C6H12O4.C2H5NO/c11-10(15)12-3-6-16-8-9-17-7-5-14-4-1-2-13-14;7-3-5-6(9)4(8)1-2-10-5;1-2(3)4/h1-2,4H,3,5-9H2,(H3,11,12,15);4-9H,1-3H2;1H3,(H2,3,4). The van der Waals surface area contributed by atoms with E-state index in [2.05, 4.69) is 16.1 Å². The molecule has 0 aliphatic carbocycles. The lowest BCUT2D eigenvalue weighted by atomic mass is 10.0. The van der Waals surface area contributed by atoms with Crippen LogP contribution in [0.1, 0.15) is 13.3 Å². The maximum absolute atomic E-state index is 10.3. The fourth-order valence-electron chi connectivity index (χ4n) is 2.18. The quantitative estimate of drug-likeness (QED) is 0.210. The molecular formula is C18H35N5O8. The Morgan fingerprint density at radius 3 is 2.39 bits per heavy atom. The van der Waals surface area contributed by atoms with Gasteiger partial charge in [-0.05, 0) is 12.5 Å². The second-order valence-electron chi connectivity index (χ2n) is 6.33. The van der Waals surface area contributed by atoms with E-state index in [4.69, 9.17) is 35.3 Å². The zero-order chi connectivity index (χ0) is 23.5. The van der Waals surface area contributed by atoms with Crippen molar-refractivity contribution in [2.24, 2.45) is 11.5 Å². The monoisotopic (exact) mass is 449 g/mol. The Labute approximate surface area is 181 Å². The summed E-state index contributed by atoms with van der Waals surface area (Å²) in [5, 5.41) is 33.2. The Morgan fingerprint density at radius 1 is 1.23 bits per heavy atom. The Morgan fingerprint density at radius 2 is 1.87 bits per heavy atom. The molecule has 1 aliphatic rings. The largest absolute Gasteiger partial charge is 0.394 e. The summed E-state index contributed by atoms with van der Waals surface area (Å²) in [4.78, 5) is 19.5. The zero-order valence-corrected chi connectivity index (χ0v) is 17.8. The second kappa shape index (κ2) is 18.5. The van der Waals surface area contributed by atoms with Gasteiger partial charge in [0.25, 0.3) is 0 Å². The average Bonchev–Trinajstić information content (AvgIpc) is 3.22. The molecule has 180 valence electrons. The lowest BCUT2D eigenvalue weighted by molar-refractivity contribution is -0.147. The normalized spacial score (nSPS) is 19.9. The molecule has 1 fully saturated rings. The van der Waals surface area contributed by atoms with Gasteiger partial charge in [-0.15, -0.1) is 0 Å². The number of aliphatic hydroxyl groups excluding tert-OH is 3. The molecule has 0 aromatic carbocycles. The number of hydrogen-bond donors (Lipinski definition) is 6. The first-order valence-corrected chi connectivity index (χ1v) is 9.78. The van der Waals surface area contributed by atoms with Crippen molar-refractivity contribution in [3.63, 3.8) is 0 Å². The van der Waals surface area contributed by atoms with Crippen LogP contribution in [-0.2, 0) is 25.5 Å². The minimum Gasteiger partial charge on any atom is -0.394 e. The molecule has 0 radical (unpaired) electrons. The Hall–Kier alpha value is -2.29. The van der Waals surface area contributed by atoms with Crippen LogP contribution in [-0.4, -0.2) is 102 Å². The summed E-state index contributed by atoms with van der Waals surface area (Å²) in [6.45, 7) is 4.69. The van der Waals surface area contributed by atoms with Gasteiger partial charge >= 0.3 is 6.03 Å². The zero-order valence-electron chi connectivity index (χ0n) is 17.8.